The number of carbonyl (C=O) groups is 2. The molecule has 1 fully saturated rings. The summed E-state index contributed by atoms with van der Waals surface area (Å²) in [5, 5.41) is 2.54. The standard InChI is InChI=1S/C15H15F3N2O2/c16-15(17,18)10-20-9-12(8-14(20)22)19-13(21)7-6-11-4-2-1-3-5-11/h1-7,12H,8-10H2,(H,19,21)/b7-6+/t12-/m1/s1. The van der Waals surface area contributed by atoms with Crippen molar-refractivity contribution in [3.8, 4) is 0 Å². The molecule has 22 heavy (non-hydrogen) atoms. The molecule has 1 N–H and O–H groups in total. The van der Waals surface area contributed by atoms with Gasteiger partial charge in [0.05, 0.1) is 6.04 Å². The lowest BCUT2D eigenvalue weighted by Crippen LogP contribution is -2.39. The molecule has 4 nitrogen and oxygen atoms in total. The first-order chi connectivity index (χ1) is 10.3. The van der Waals surface area contributed by atoms with Crippen molar-refractivity contribution in [3.05, 3.63) is 42.0 Å². The molecule has 0 aromatic heterocycles. The van der Waals surface area contributed by atoms with E-state index in [0.717, 1.165) is 5.56 Å². The van der Waals surface area contributed by atoms with Gasteiger partial charge < -0.3 is 10.2 Å². The van der Waals surface area contributed by atoms with Gasteiger partial charge in [-0.05, 0) is 11.6 Å². The molecule has 1 aromatic carbocycles. The van der Waals surface area contributed by atoms with Crippen LogP contribution in [0.15, 0.2) is 36.4 Å². The molecule has 0 spiro atoms. The number of carbonyl (C=O) groups excluding carboxylic acids is 2. The fourth-order valence-electron chi connectivity index (χ4n) is 2.22. The van der Waals surface area contributed by atoms with Crippen molar-refractivity contribution in [3.63, 3.8) is 0 Å². The number of rotatable bonds is 4. The Morgan fingerprint density at radius 3 is 2.64 bits per heavy atom. The summed E-state index contributed by atoms with van der Waals surface area (Å²) in [7, 11) is 0. The molecule has 2 amide bonds. The summed E-state index contributed by atoms with van der Waals surface area (Å²) >= 11 is 0. The molecule has 1 heterocycles. The zero-order chi connectivity index (χ0) is 16.2. The topological polar surface area (TPSA) is 49.4 Å². The predicted molar refractivity (Wildman–Crippen MR) is 74.7 cm³/mol. The van der Waals surface area contributed by atoms with Gasteiger partial charge >= 0.3 is 6.18 Å². The van der Waals surface area contributed by atoms with Crippen LogP contribution in [-0.2, 0) is 9.59 Å². The molecule has 0 bridgehead atoms. The van der Waals surface area contributed by atoms with Crippen LogP contribution in [0.1, 0.15) is 12.0 Å². The van der Waals surface area contributed by atoms with Crippen molar-refractivity contribution in [1.82, 2.24) is 10.2 Å². The van der Waals surface area contributed by atoms with Crippen LogP contribution >= 0.6 is 0 Å². The molecule has 0 unspecified atom stereocenters. The molecule has 0 saturated carbocycles. The highest BCUT2D eigenvalue weighted by Crippen LogP contribution is 2.20. The molecular formula is C15H15F3N2O2. The second-order valence-corrected chi connectivity index (χ2v) is 5.04. The number of nitrogens with one attached hydrogen (secondary N) is 1. The van der Waals surface area contributed by atoms with Gasteiger partial charge in [0, 0.05) is 19.0 Å². The summed E-state index contributed by atoms with van der Waals surface area (Å²) in [5.74, 6) is -1.04. The van der Waals surface area contributed by atoms with Crippen molar-refractivity contribution in [2.45, 2.75) is 18.6 Å². The van der Waals surface area contributed by atoms with Gasteiger partial charge in [-0.1, -0.05) is 30.3 Å². The third-order valence-corrected chi connectivity index (χ3v) is 3.16. The summed E-state index contributed by atoms with van der Waals surface area (Å²) in [4.78, 5) is 23.9. The number of amides is 2. The molecule has 1 aliphatic rings. The second kappa shape index (κ2) is 6.64. The smallest absolute Gasteiger partial charge is 0.348 e. The third kappa shape index (κ3) is 4.91. The van der Waals surface area contributed by atoms with Gasteiger partial charge in [-0.2, -0.15) is 13.2 Å². The average Bonchev–Trinajstić information content (AvgIpc) is 2.75. The lowest BCUT2D eigenvalue weighted by molar-refractivity contribution is -0.157. The van der Waals surface area contributed by atoms with E-state index in [1.165, 1.54) is 6.08 Å². The van der Waals surface area contributed by atoms with Crippen LogP contribution in [0.2, 0.25) is 0 Å². The molecule has 118 valence electrons. The Bertz CT molecular complexity index is 570. The fourth-order valence-corrected chi connectivity index (χ4v) is 2.22. The zero-order valence-electron chi connectivity index (χ0n) is 11.6. The van der Waals surface area contributed by atoms with Crippen molar-refractivity contribution < 1.29 is 22.8 Å². The number of hydrogen-bond acceptors (Lipinski definition) is 2. The lowest BCUT2D eigenvalue weighted by atomic mass is 10.2. The van der Waals surface area contributed by atoms with Gasteiger partial charge in [0.1, 0.15) is 6.54 Å². The molecular weight excluding hydrogens is 297 g/mol. The minimum Gasteiger partial charge on any atom is -0.348 e. The Kier molecular flexibility index (Phi) is 4.85. The fraction of sp³-hybridized carbons (Fsp3) is 0.333. The van der Waals surface area contributed by atoms with Gasteiger partial charge in [-0.25, -0.2) is 0 Å². The van der Waals surface area contributed by atoms with E-state index in [0.29, 0.717) is 4.90 Å². The van der Waals surface area contributed by atoms with Gasteiger partial charge in [0.2, 0.25) is 11.8 Å². The van der Waals surface area contributed by atoms with Gasteiger partial charge in [0.15, 0.2) is 0 Å². The van der Waals surface area contributed by atoms with Crippen LogP contribution in [-0.4, -0.2) is 42.0 Å². The summed E-state index contributed by atoms with van der Waals surface area (Å²) in [6.45, 7) is -1.40. The first kappa shape index (κ1) is 16.1. The van der Waals surface area contributed by atoms with Crippen molar-refractivity contribution in [2.75, 3.05) is 13.1 Å². The number of benzene rings is 1. The van der Waals surface area contributed by atoms with Crippen LogP contribution in [0, 0.1) is 0 Å². The Labute approximate surface area is 125 Å². The highest BCUT2D eigenvalue weighted by molar-refractivity contribution is 5.92. The molecule has 7 heteroatoms. The summed E-state index contributed by atoms with van der Waals surface area (Å²) < 4.78 is 36.9. The van der Waals surface area contributed by atoms with E-state index in [1.807, 2.05) is 30.3 Å². The van der Waals surface area contributed by atoms with Gasteiger partial charge in [0.25, 0.3) is 0 Å². The number of likely N-dealkylation sites (tertiary alicyclic amines) is 1. The molecule has 1 aromatic rings. The first-order valence-corrected chi connectivity index (χ1v) is 6.71. The van der Waals surface area contributed by atoms with Crippen molar-refractivity contribution >= 4 is 17.9 Å². The van der Waals surface area contributed by atoms with Crippen LogP contribution < -0.4 is 5.32 Å². The summed E-state index contributed by atoms with van der Waals surface area (Å²) in [5.41, 5.74) is 0.832. The minimum atomic E-state index is -4.43. The Morgan fingerprint density at radius 1 is 1.32 bits per heavy atom. The Hall–Kier alpha value is -2.31. The second-order valence-electron chi connectivity index (χ2n) is 5.04. The van der Waals surface area contributed by atoms with Gasteiger partial charge in [-0.3, -0.25) is 9.59 Å². The Morgan fingerprint density at radius 2 is 2.00 bits per heavy atom. The molecule has 0 radical (unpaired) electrons. The summed E-state index contributed by atoms with van der Waals surface area (Å²) in [6.07, 6.45) is -1.64. The van der Waals surface area contributed by atoms with E-state index in [2.05, 4.69) is 5.32 Å². The maximum atomic E-state index is 12.3. The van der Waals surface area contributed by atoms with Crippen molar-refractivity contribution in [1.29, 1.82) is 0 Å². The minimum absolute atomic E-state index is 0.110. The number of halogens is 3. The monoisotopic (exact) mass is 312 g/mol. The average molecular weight is 312 g/mol. The molecule has 2 rings (SSSR count). The maximum Gasteiger partial charge on any atom is 0.406 e. The largest absolute Gasteiger partial charge is 0.406 e. The Balaban J connectivity index is 1.85. The van der Waals surface area contributed by atoms with E-state index in [1.54, 1.807) is 6.08 Å². The third-order valence-electron chi connectivity index (χ3n) is 3.16. The molecule has 1 saturated heterocycles. The van der Waals surface area contributed by atoms with Crippen LogP contribution in [0.5, 0.6) is 0 Å². The van der Waals surface area contributed by atoms with Gasteiger partial charge in [-0.15, -0.1) is 0 Å². The van der Waals surface area contributed by atoms with Crippen molar-refractivity contribution in [2.24, 2.45) is 0 Å². The maximum absolute atomic E-state index is 12.3. The normalized spacial score (nSPS) is 19.0. The predicted octanol–water partition coefficient (Wildman–Crippen LogP) is 1.98. The number of nitrogens with zero attached hydrogens (tertiary/aromatic N) is 1. The molecule has 1 atom stereocenters. The van der Waals surface area contributed by atoms with E-state index in [9.17, 15) is 22.8 Å². The molecule has 0 aliphatic carbocycles. The van der Waals surface area contributed by atoms with E-state index in [4.69, 9.17) is 0 Å². The summed E-state index contributed by atoms with van der Waals surface area (Å²) in [6, 6.07) is 8.52. The lowest BCUT2D eigenvalue weighted by Gasteiger charge is -2.18. The SMILES string of the molecule is O=C(/C=C/c1ccccc1)N[C@@H]1CC(=O)N(CC(F)(F)F)C1. The van der Waals surface area contributed by atoms with Crippen LogP contribution in [0.3, 0.4) is 0 Å². The zero-order valence-corrected chi connectivity index (χ0v) is 11.6. The number of alkyl halides is 3. The first-order valence-electron chi connectivity index (χ1n) is 6.71. The number of hydrogen-bond donors (Lipinski definition) is 1. The highest BCUT2D eigenvalue weighted by Gasteiger charge is 2.38. The van der Waals surface area contributed by atoms with E-state index < -0.39 is 30.6 Å². The molecule has 1 aliphatic heterocycles. The van der Waals surface area contributed by atoms with Crippen LogP contribution in [0.4, 0.5) is 13.2 Å². The van der Waals surface area contributed by atoms with E-state index >= 15 is 0 Å². The quantitative estimate of drug-likeness (QED) is 0.864. The highest BCUT2D eigenvalue weighted by atomic mass is 19.4. The van der Waals surface area contributed by atoms with E-state index in [-0.39, 0.29) is 13.0 Å². The van der Waals surface area contributed by atoms with Crippen LogP contribution in [0.25, 0.3) is 6.08 Å².